The van der Waals surface area contributed by atoms with Crippen LogP contribution in [0.4, 0.5) is 0 Å². The number of hydrogen-bond acceptors (Lipinski definition) is 4. The number of benzene rings is 2. The zero-order chi connectivity index (χ0) is 23.3. The fourth-order valence-corrected chi connectivity index (χ4v) is 4.42. The lowest BCUT2D eigenvalue weighted by atomic mass is 10.0. The number of halogens is 2. The van der Waals surface area contributed by atoms with Gasteiger partial charge in [-0.1, -0.05) is 54.1 Å². The fourth-order valence-electron chi connectivity index (χ4n) is 4.24. The number of piperazine rings is 1. The van der Waals surface area contributed by atoms with Gasteiger partial charge in [-0.05, 0) is 42.0 Å². The van der Waals surface area contributed by atoms with Gasteiger partial charge in [0, 0.05) is 61.1 Å². The first-order valence-electron chi connectivity index (χ1n) is 11.4. The minimum Gasteiger partial charge on any atom is -0.336 e. The third-order valence-electron chi connectivity index (χ3n) is 6.09. The summed E-state index contributed by atoms with van der Waals surface area (Å²) in [7, 11) is 0. The summed E-state index contributed by atoms with van der Waals surface area (Å²) in [5.74, 6) is 0.0132. The van der Waals surface area contributed by atoms with Crippen molar-refractivity contribution in [3.05, 3.63) is 101 Å². The van der Waals surface area contributed by atoms with E-state index in [4.69, 9.17) is 16.6 Å². The molecule has 7 heteroatoms. The predicted octanol–water partition coefficient (Wildman–Crippen LogP) is 5.84. The molecule has 5 rings (SSSR count). The molecule has 1 aliphatic rings. The summed E-state index contributed by atoms with van der Waals surface area (Å²) in [4.78, 5) is 26.9. The van der Waals surface area contributed by atoms with Gasteiger partial charge in [-0.25, -0.2) is 4.98 Å². The van der Waals surface area contributed by atoms with Gasteiger partial charge in [-0.15, -0.1) is 12.4 Å². The van der Waals surface area contributed by atoms with E-state index in [-0.39, 0.29) is 18.3 Å². The van der Waals surface area contributed by atoms with E-state index >= 15 is 0 Å². The molecule has 0 atom stereocenters. The number of carbonyl (C=O) groups excluding carboxylic acids is 1. The van der Waals surface area contributed by atoms with Gasteiger partial charge < -0.3 is 4.90 Å². The van der Waals surface area contributed by atoms with E-state index in [1.165, 1.54) is 5.56 Å². The van der Waals surface area contributed by atoms with E-state index in [1.807, 2.05) is 53.4 Å². The molecular weight excluding hydrogens is 479 g/mol. The summed E-state index contributed by atoms with van der Waals surface area (Å²) in [6.07, 6.45) is 7.82. The summed E-state index contributed by atoms with van der Waals surface area (Å²) >= 11 is 6.27. The van der Waals surface area contributed by atoms with Crippen LogP contribution in [-0.4, -0.2) is 58.4 Å². The van der Waals surface area contributed by atoms with E-state index in [9.17, 15) is 4.79 Å². The van der Waals surface area contributed by atoms with Crippen molar-refractivity contribution in [2.24, 2.45) is 0 Å². The zero-order valence-corrected chi connectivity index (χ0v) is 20.8. The molecule has 1 fully saturated rings. The summed E-state index contributed by atoms with van der Waals surface area (Å²) in [6.45, 7) is 3.92. The lowest BCUT2D eigenvalue weighted by Crippen LogP contribution is -2.48. The molecule has 2 aromatic heterocycles. The maximum absolute atomic E-state index is 13.6. The van der Waals surface area contributed by atoms with E-state index < -0.39 is 0 Å². The van der Waals surface area contributed by atoms with Gasteiger partial charge in [-0.3, -0.25) is 14.7 Å². The Hall–Kier alpha value is -3.25. The summed E-state index contributed by atoms with van der Waals surface area (Å²) in [5.41, 5.74) is 4.19. The molecule has 5 nitrogen and oxygen atoms in total. The Morgan fingerprint density at radius 3 is 2.51 bits per heavy atom. The standard InChI is InChI=1S/C28H25ClN4O.ClH/c29-23-10-11-26-24(18-23)25(19-27(31-26)22-9-4-12-30-20-22)28(34)33-16-14-32(15-17-33)13-5-8-21-6-2-1-3-7-21;/h1-12,18-20H,13-17H2;1H. The van der Waals surface area contributed by atoms with E-state index in [0.29, 0.717) is 23.7 Å². The maximum Gasteiger partial charge on any atom is 0.254 e. The average molecular weight is 505 g/mol. The number of pyridine rings is 2. The van der Waals surface area contributed by atoms with Crippen molar-refractivity contribution in [3.63, 3.8) is 0 Å². The number of rotatable bonds is 5. The molecule has 35 heavy (non-hydrogen) atoms. The Labute approximate surface area is 216 Å². The van der Waals surface area contributed by atoms with E-state index in [0.717, 1.165) is 41.8 Å². The number of nitrogens with zero attached hydrogens (tertiary/aromatic N) is 4. The molecule has 2 aromatic carbocycles. The topological polar surface area (TPSA) is 49.3 Å². The second-order valence-electron chi connectivity index (χ2n) is 8.36. The summed E-state index contributed by atoms with van der Waals surface area (Å²) in [6, 6.07) is 21.5. The Morgan fingerprint density at radius 2 is 1.77 bits per heavy atom. The SMILES string of the molecule is Cl.O=C(c1cc(-c2cccnc2)nc2ccc(Cl)cc12)N1CCN(CC=Cc2ccccc2)CC1. The van der Waals surface area contributed by atoms with Crippen molar-refractivity contribution in [2.45, 2.75) is 0 Å². The molecular formula is C28H26Cl2N4O. The van der Waals surface area contributed by atoms with Crippen LogP contribution in [0.3, 0.4) is 0 Å². The average Bonchev–Trinajstić information content (AvgIpc) is 2.89. The highest BCUT2D eigenvalue weighted by Gasteiger charge is 2.24. The highest BCUT2D eigenvalue weighted by atomic mass is 35.5. The molecule has 0 radical (unpaired) electrons. The van der Waals surface area contributed by atoms with Crippen LogP contribution in [0.25, 0.3) is 28.2 Å². The van der Waals surface area contributed by atoms with Crippen LogP contribution in [0.1, 0.15) is 15.9 Å². The molecule has 1 saturated heterocycles. The normalized spacial score (nSPS) is 14.3. The van der Waals surface area contributed by atoms with Crippen molar-refractivity contribution in [2.75, 3.05) is 32.7 Å². The lowest BCUT2D eigenvalue weighted by molar-refractivity contribution is 0.0652. The first-order chi connectivity index (χ1) is 16.7. The van der Waals surface area contributed by atoms with E-state index in [1.54, 1.807) is 18.5 Å². The van der Waals surface area contributed by atoms with Gasteiger partial charge in [-0.2, -0.15) is 0 Å². The van der Waals surface area contributed by atoms with Crippen molar-refractivity contribution < 1.29 is 4.79 Å². The Bertz CT molecular complexity index is 1320. The molecule has 0 spiro atoms. The van der Waals surface area contributed by atoms with Gasteiger partial charge in [0.25, 0.3) is 5.91 Å². The highest BCUT2D eigenvalue weighted by molar-refractivity contribution is 6.31. The molecule has 0 saturated carbocycles. The summed E-state index contributed by atoms with van der Waals surface area (Å²) < 4.78 is 0. The first-order valence-corrected chi connectivity index (χ1v) is 11.8. The van der Waals surface area contributed by atoms with Gasteiger partial charge >= 0.3 is 0 Å². The molecule has 0 aliphatic carbocycles. The first kappa shape index (κ1) is 24.9. The van der Waals surface area contributed by atoms with Crippen LogP contribution < -0.4 is 0 Å². The van der Waals surface area contributed by atoms with Gasteiger partial charge in [0.2, 0.25) is 0 Å². The Morgan fingerprint density at radius 1 is 0.971 bits per heavy atom. The molecule has 1 amide bonds. The smallest absolute Gasteiger partial charge is 0.254 e. The van der Waals surface area contributed by atoms with Crippen molar-refractivity contribution in [3.8, 4) is 11.3 Å². The number of hydrogen-bond donors (Lipinski definition) is 0. The third kappa shape index (κ3) is 5.88. The van der Waals surface area contributed by atoms with Gasteiger partial charge in [0.1, 0.15) is 0 Å². The van der Waals surface area contributed by atoms with Crippen molar-refractivity contribution >= 4 is 46.9 Å². The lowest BCUT2D eigenvalue weighted by Gasteiger charge is -2.34. The van der Waals surface area contributed by atoms with Crippen LogP contribution in [0.2, 0.25) is 5.02 Å². The minimum atomic E-state index is 0. The largest absolute Gasteiger partial charge is 0.336 e. The Kier molecular flexibility index (Phi) is 8.13. The number of carbonyl (C=O) groups is 1. The molecule has 178 valence electrons. The Balaban J connectivity index is 0.00000289. The van der Waals surface area contributed by atoms with Crippen LogP contribution in [-0.2, 0) is 0 Å². The van der Waals surface area contributed by atoms with Gasteiger partial charge in [0.15, 0.2) is 0 Å². The highest BCUT2D eigenvalue weighted by Crippen LogP contribution is 2.28. The molecule has 0 N–H and O–H groups in total. The van der Waals surface area contributed by atoms with Gasteiger partial charge in [0.05, 0.1) is 16.8 Å². The molecule has 0 bridgehead atoms. The molecule has 0 unspecified atom stereocenters. The quantitative estimate of drug-likeness (QED) is 0.342. The molecule has 4 aromatic rings. The second-order valence-corrected chi connectivity index (χ2v) is 8.80. The monoisotopic (exact) mass is 504 g/mol. The predicted molar refractivity (Wildman–Crippen MR) is 145 cm³/mol. The number of fused-ring (bicyclic) bond motifs is 1. The van der Waals surface area contributed by atoms with E-state index in [2.05, 4.69) is 34.2 Å². The van der Waals surface area contributed by atoms with Crippen molar-refractivity contribution in [1.82, 2.24) is 19.8 Å². The fraction of sp³-hybridized carbons (Fsp3) is 0.179. The third-order valence-corrected chi connectivity index (χ3v) is 6.33. The van der Waals surface area contributed by atoms with Crippen LogP contribution in [0.5, 0.6) is 0 Å². The maximum atomic E-state index is 13.6. The van der Waals surface area contributed by atoms with Crippen LogP contribution in [0.15, 0.2) is 85.2 Å². The van der Waals surface area contributed by atoms with Crippen LogP contribution in [0, 0.1) is 0 Å². The van der Waals surface area contributed by atoms with Crippen LogP contribution >= 0.6 is 24.0 Å². The number of amides is 1. The molecule has 3 heterocycles. The molecule has 1 aliphatic heterocycles. The number of aromatic nitrogens is 2. The minimum absolute atomic E-state index is 0. The van der Waals surface area contributed by atoms with Crippen molar-refractivity contribution in [1.29, 1.82) is 0 Å². The second kappa shape index (κ2) is 11.5. The zero-order valence-electron chi connectivity index (χ0n) is 19.2. The summed E-state index contributed by atoms with van der Waals surface area (Å²) in [5, 5.41) is 1.37.